The van der Waals surface area contributed by atoms with E-state index in [0.717, 1.165) is 24.4 Å². The van der Waals surface area contributed by atoms with Gasteiger partial charge >= 0.3 is 0 Å². The van der Waals surface area contributed by atoms with Crippen molar-refractivity contribution in [1.82, 2.24) is 9.80 Å². The maximum atomic E-state index is 10.4. The molecule has 3 heteroatoms. The summed E-state index contributed by atoms with van der Waals surface area (Å²) in [7, 11) is 0. The molecule has 4 fully saturated rings. The van der Waals surface area contributed by atoms with Gasteiger partial charge in [-0.25, -0.2) is 0 Å². The van der Waals surface area contributed by atoms with Gasteiger partial charge < -0.3 is 5.11 Å². The van der Waals surface area contributed by atoms with Crippen molar-refractivity contribution < 1.29 is 5.11 Å². The summed E-state index contributed by atoms with van der Waals surface area (Å²) in [5.41, 5.74) is 0. The van der Waals surface area contributed by atoms with Crippen molar-refractivity contribution in [3.63, 3.8) is 0 Å². The van der Waals surface area contributed by atoms with E-state index < -0.39 is 0 Å². The highest BCUT2D eigenvalue weighted by atomic mass is 16.3. The van der Waals surface area contributed by atoms with E-state index in [1.165, 1.54) is 51.5 Å². The molecule has 0 aromatic rings. The van der Waals surface area contributed by atoms with Crippen molar-refractivity contribution in [2.24, 2.45) is 5.92 Å². The Labute approximate surface area is 117 Å². The van der Waals surface area contributed by atoms with E-state index in [9.17, 15) is 5.11 Å². The zero-order valence-electron chi connectivity index (χ0n) is 12.2. The van der Waals surface area contributed by atoms with Crippen LogP contribution in [0.5, 0.6) is 0 Å². The molecule has 19 heavy (non-hydrogen) atoms. The average Bonchev–Trinajstić information content (AvgIpc) is 2.41. The van der Waals surface area contributed by atoms with Crippen molar-refractivity contribution in [2.75, 3.05) is 6.54 Å². The van der Waals surface area contributed by atoms with E-state index in [-0.39, 0.29) is 6.10 Å². The number of piperidine rings is 3. The fourth-order valence-electron chi connectivity index (χ4n) is 5.51. The minimum Gasteiger partial charge on any atom is -0.391 e. The fourth-order valence-corrected chi connectivity index (χ4v) is 5.51. The number of rotatable bonds is 0. The molecule has 0 aromatic carbocycles. The van der Waals surface area contributed by atoms with Crippen LogP contribution in [-0.2, 0) is 0 Å². The molecular weight excluding hydrogens is 236 g/mol. The van der Waals surface area contributed by atoms with E-state index in [4.69, 9.17) is 0 Å². The molecule has 1 N–H and O–H groups in total. The van der Waals surface area contributed by atoms with Crippen molar-refractivity contribution in [2.45, 2.75) is 88.7 Å². The first-order valence-electron chi connectivity index (χ1n) is 8.45. The van der Waals surface area contributed by atoms with Gasteiger partial charge in [0.05, 0.1) is 12.3 Å². The predicted molar refractivity (Wildman–Crippen MR) is 75.8 cm³/mol. The van der Waals surface area contributed by atoms with E-state index in [0.29, 0.717) is 12.2 Å². The van der Waals surface area contributed by atoms with Crippen LogP contribution in [0.1, 0.15) is 58.3 Å². The Morgan fingerprint density at radius 2 is 1.84 bits per heavy atom. The number of nitrogens with zero attached hydrogens (tertiary/aromatic N) is 2. The van der Waals surface area contributed by atoms with Gasteiger partial charge in [0.15, 0.2) is 0 Å². The lowest BCUT2D eigenvalue weighted by Crippen LogP contribution is -2.71. The van der Waals surface area contributed by atoms with Gasteiger partial charge in [-0.3, -0.25) is 9.80 Å². The second-order valence-electron chi connectivity index (χ2n) is 7.49. The van der Waals surface area contributed by atoms with Gasteiger partial charge in [0.25, 0.3) is 0 Å². The van der Waals surface area contributed by atoms with Gasteiger partial charge in [-0.2, -0.15) is 0 Å². The Morgan fingerprint density at radius 3 is 2.74 bits per heavy atom. The molecule has 4 aliphatic heterocycles. The van der Waals surface area contributed by atoms with Crippen LogP contribution in [0.25, 0.3) is 0 Å². The van der Waals surface area contributed by atoms with E-state index >= 15 is 0 Å². The fraction of sp³-hybridized carbons (Fsp3) is 1.00. The molecule has 0 radical (unpaired) electrons. The first-order valence-corrected chi connectivity index (χ1v) is 8.45. The monoisotopic (exact) mass is 264 g/mol. The van der Waals surface area contributed by atoms with Gasteiger partial charge in [-0.15, -0.1) is 0 Å². The molecule has 0 bridgehead atoms. The van der Waals surface area contributed by atoms with Gasteiger partial charge in [-0.05, 0) is 57.4 Å². The summed E-state index contributed by atoms with van der Waals surface area (Å²) in [5.74, 6) is 0.801. The first kappa shape index (κ1) is 12.6. The highest BCUT2D eigenvalue weighted by molar-refractivity contribution is 5.03. The highest BCUT2D eigenvalue weighted by Gasteiger charge is 2.50. The third kappa shape index (κ3) is 1.97. The van der Waals surface area contributed by atoms with Crippen molar-refractivity contribution >= 4 is 0 Å². The Morgan fingerprint density at radius 1 is 0.947 bits per heavy atom. The van der Waals surface area contributed by atoms with Gasteiger partial charge in [-0.1, -0.05) is 13.3 Å². The molecule has 4 heterocycles. The molecule has 108 valence electrons. The Hall–Kier alpha value is -0.120. The molecule has 4 rings (SSSR count). The smallest absolute Gasteiger partial charge is 0.0697 e. The predicted octanol–water partition coefficient (Wildman–Crippen LogP) is 2.19. The Balaban J connectivity index is 1.64. The Bertz CT molecular complexity index is 348. The van der Waals surface area contributed by atoms with Crippen molar-refractivity contribution in [3.05, 3.63) is 0 Å². The molecule has 3 nitrogen and oxygen atoms in total. The summed E-state index contributed by atoms with van der Waals surface area (Å²) in [6, 6.07) is 2.06. The second kappa shape index (κ2) is 4.71. The standard InChI is InChI=1S/C16H28N2O/c1-11-8-13-10-12-4-2-3-7-17(12)16-6-5-15(19)14(9-11)18(13)16/h11-16,19H,2-10H2,1H3/t11-,12+,13-,14-,15-,16-/m1/s1. The van der Waals surface area contributed by atoms with Crippen LogP contribution in [0.2, 0.25) is 0 Å². The number of aliphatic hydroxyl groups is 1. The van der Waals surface area contributed by atoms with Crippen LogP contribution < -0.4 is 0 Å². The van der Waals surface area contributed by atoms with Crippen molar-refractivity contribution in [3.8, 4) is 0 Å². The van der Waals surface area contributed by atoms with Crippen molar-refractivity contribution in [1.29, 1.82) is 0 Å². The molecule has 0 aromatic heterocycles. The molecule has 0 aliphatic carbocycles. The van der Waals surface area contributed by atoms with Crippen LogP contribution in [0.4, 0.5) is 0 Å². The first-order chi connectivity index (χ1) is 9.24. The molecule has 4 aliphatic rings. The third-order valence-corrected chi connectivity index (χ3v) is 6.23. The summed E-state index contributed by atoms with van der Waals surface area (Å²) in [5, 5.41) is 10.4. The topological polar surface area (TPSA) is 26.7 Å². The van der Waals surface area contributed by atoms with Gasteiger partial charge in [0.1, 0.15) is 0 Å². The summed E-state index contributed by atoms with van der Waals surface area (Å²) in [6.45, 7) is 3.69. The molecule has 0 unspecified atom stereocenters. The van der Waals surface area contributed by atoms with Crippen LogP contribution >= 0.6 is 0 Å². The zero-order chi connectivity index (χ0) is 13.0. The Kier molecular flexibility index (Phi) is 3.13. The lowest BCUT2D eigenvalue weighted by molar-refractivity contribution is -0.172. The number of aliphatic hydroxyl groups excluding tert-OH is 1. The molecule has 4 saturated heterocycles. The number of hydrogen-bond donors (Lipinski definition) is 1. The van der Waals surface area contributed by atoms with Crippen LogP contribution in [0.15, 0.2) is 0 Å². The average molecular weight is 264 g/mol. The van der Waals surface area contributed by atoms with E-state index in [1.807, 2.05) is 0 Å². The normalized spacial score (nSPS) is 51.5. The molecule has 0 amide bonds. The SMILES string of the molecule is C[C@@H]1C[C@@H]2C[C@@H]3CCCCN3[C@H]3CC[C@@H](O)[C@@H](C1)N23. The van der Waals surface area contributed by atoms with E-state index in [2.05, 4.69) is 16.7 Å². The molecular formula is C16H28N2O. The van der Waals surface area contributed by atoms with Gasteiger partial charge in [0.2, 0.25) is 0 Å². The maximum absolute atomic E-state index is 10.4. The van der Waals surface area contributed by atoms with E-state index in [1.54, 1.807) is 0 Å². The van der Waals surface area contributed by atoms with Crippen LogP contribution in [0, 0.1) is 5.92 Å². The van der Waals surface area contributed by atoms with Gasteiger partial charge in [0, 0.05) is 18.1 Å². The molecule has 0 saturated carbocycles. The van der Waals surface area contributed by atoms with Crippen LogP contribution in [0.3, 0.4) is 0 Å². The summed E-state index contributed by atoms with van der Waals surface area (Å²) in [4.78, 5) is 5.55. The third-order valence-electron chi connectivity index (χ3n) is 6.23. The number of hydrogen-bond acceptors (Lipinski definition) is 3. The summed E-state index contributed by atoms with van der Waals surface area (Å²) in [6.07, 6.45) is 11.0. The second-order valence-corrected chi connectivity index (χ2v) is 7.49. The minimum absolute atomic E-state index is 0.0668. The zero-order valence-corrected chi connectivity index (χ0v) is 12.2. The summed E-state index contributed by atoms with van der Waals surface area (Å²) >= 11 is 0. The maximum Gasteiger partial charge on any atom is 0.0697 e. The number of fused-ring (bicyclic) bond motifs is 2. The molecule has 0 spiro atoms. The largest absolute Gasteiger partial charge is 0.391 e. The lowest BCUT2D eigenvalue weighted by Gasteiger charge is -2.62. The molecule has 6 atom stereocenters. The quantitative estimate of drug-likeness (QED) is 0.726. The summed E-state index contributed by atoms with van der Waals surface area (Å²) < 4.78 is 0. The lowest BCUT2D eigenvalue weighted by atomic mass is 9.75. The minimum atomic E-state index is -0.0668. The highest BCUT2D eigenvalue weighted by Crippen LogP contribution is 2.44. The van der Waals surface area contributed by atoms with Crippen LogP contribution in [-0.4, -0.2) is 51.8 Å².